The molecule has 0 heterocycles. The lowest BCUT2D eigenvalue weighted by Gasteiger charge is -2.18. The summed E-state index contributed by atoms with van der Waals surface area (Å²) in [5.41, 5.74) is 0.672. The summed E-state index contributed by atoms with van der Waals surface area (Å²) in [6.45, 7) is 5.09. The first-order valence-corrected chi connectivity index (χ1v) is 6.38. The average molecular weight is 270 g/mol. The smallest absolute Gasteiger partial charge is 0.191 e. The average Bonchev–Trinajstić information content (AvgIpc) is 2.45. The van der Waals surface area contributed by atoms with Gasteiger partial charge in [0.2, 0.25) is 0 Å². The van der Waals surface area contributed by atoms with Crippen LogP contribution in [0.5, 0.6) is 11.5 Å². The molecule has 19 heavy (non-hydrogen) atoms. The Labute approximate surface area is 114 Å². The maximum atomic E-state index is 9.31. The van der Waals surface area contributed by atoms with E-state index >= 15 is 0 Å². The second kappa shape index (κ2) is 8.74. The zero-order valence-corrected chi connectivity index (χ0v) is 11.7. The van der Waals surface area contributed by atoms with Crippen LogP contribution >= 0.6 is 0 Å². The van der Waals surface area contributed by atoms with Gasteiger partial charge in [-0.05, 0) is 32.0 Å². The van der Waals surface area contributed by atoms with Gasteiger partial charge in [-0.15, -0.1) is 0 Å². The van der Waals surface area contributed by atoms with Crippen LogP contribution in [0.15, 0.2) is 18.2 Å². The zero-order chi connectivity index (χ0) is 14.1. The normalized spacial score (nSPS) is 10.8. The van der Waals surface area contributed by atoms with Crippen molar-refractivity contribution in [2.75, 3.05) is 26.9 Å². The predicted molar refractivity (Wildman–Crippen MR) is 71.5 cm³/mol. The monoisotopic (exact) mass is 270 g/mol. The van der Waals surface area contributed by atoms with E-state index in [4.69, 9.17) is 18.9 Å². The summed E-state index contributed by atoms with van der Waals surface area (Å²) in [5.74, 6) is 1.29. The van der Waals surface area contributed by atoms with Gasteiger partial charge in [-0.3, -0.25) is 0 Å². The van der Waals surface area contributed by atoms with E-state index in [0.717, 1.165) is 0 Å². The Balaban J connectivity index is 2.64. The Hall–Kier alpha value is -1.30. The molecule has 0 aromatic heterocycles. The molecule has 0 amide bonds. The number of aliphatic hydroxyl groups excluding tert-OH is 1. The number of ether oxygens (including phenoxy) is 4. The van der Waals surface area contributed by atoms with Crippen molar-refractivity contribution in [3.63, 3.8) is 0 Å². The van der Waals surface area contributed by atoms with E-state index in [9.17, 15) is 5.11 Å². The first-order chi connectivity index (χ1) is 9.24. The summed E-state index contributed by atoms with van der Waals surface area (Å²) < 4.78 is 21.5. The first-order valence-electron chi connectivity index (χ1n) is 6.38. The van der Waals surface area contributed by atoms with E-state index in [-0.39, 0.29) is 13.2 Å². The van der Waals surface area contributed by atoms with Crippen molar-refractivity contribution in [1.29, 1.82) is 0 Å². The number of hydrogen-bond acceptors (Lipinski definition) is 5. The zero-order valence-electron chi connectivity index (χ0n) is 11.7. The summed E-state index contributed by atoms with van der Waals surface area (Å²) >= 11 is 0. The van der Waals surface area contributed by atoms with Crippen LogP contribution in [0, 0.1) is 0 Å². The highest BCUT2D eigenvalue weighted by atomic mass is 16.7. The van der Waals surface area contributed by atoms with Gasteiger partial charge in [0.15, 0.2) is 6.29 Å². The Morgan fingerprint density at radius 2 is 1.84 bits per heavy atom. The molecular weight excluding hydrogens is 248 g/mol. The molecular formula is C14H22O5. The molecule has 0 spiro atoms. The van der Waals surface area contributed by atoms with Crippen LogP contribution in [-0.4, -0.2) is 38.3 Å². The Kier molecular flexibility index (Phi) is 7.25. The van der Waals surface area contributed by atoms with Crippen molar-refractivity contribution in [2.45, 2.75) is 26.7 Å². The first kappa shape index (κ1) is 15.8. The van der Waals surface area contributed by atoms with Gasteiger partial charge < -0.3 is 24.1 Å². The van der Waals surface area contributed by atoms with Gasteiger partial charge in [-0.2, -0.15) is 0 Å². The summed E-state index contributed by atoms with van der Waals surface area (Å²) in [5, 5.41) is 9.31. The quantitative estimate of drug-likeness (QED) is 0.695. The van der Waals surface area contributed by atoms with Crippen molar-refractivity contribution >= 4 is 0 Å². The van der Waals surface area contributed by atoms with E-state index in [1.807, 2.05) is 13.8 Å². The molecule has 5 nitrogen and oxygen atoms in total. The molecule has 0 saturated carbocycles. The van der Waals surface area contributed by atoms with Crippen LogP contribution in [0.4, 0.5) is 0 Å². The number of rotatable bonds is 9. The van der Waals surface area contributed by atoms with Gasteiger partial charge in [-0.25, -0.2) is 0 Å². The van der Waals surface area contributed by atoms with Crippen LogP contribution in [0.3, 0.4) is 0 Å². The van der Waals surface area contributed by atoms with Crippen LogP contribution < -0.4 is 9.47 Å². The Morgan fingerprint density at radius 1 is 1.16 bits per heavy atom. The molecule has 0 aliphatic carbocycles. The molecule has 108 valence electrons. The topological polar surface area (TPSA) is 57.2 Å². The van der Waals surface area contributed by atoms with Crippen LogP contribution in [0.25, 0.3) is 0 Å². The van der Waals surface area contributed by atoms with Crippen LogP contribution in [0.1, 0.15) is 19.4 Å². The molecule has 0 unspecified atom stereocenters. The second-order valence-corrected chi connectivity index (χ2v) is 3.78. The third kappa shape index (κ3) is 5.06. The van der Waals surface area contributed by atoms with Crippen molar-refractivity contribution in [3.05, 3.63) is 23.8 Å². The van der Waals surface area contributed by atoms with Gasteiger partial charge in [0.05, 0.1) is 13.7 Å². The van der Waals surface area contributed by atoms with E-state index < -0.39 is 6.29 Å². The molecule has 0 radical (unpaired) electrons. The SMILES string of the molecule is CCOC(COc1ccc(OC)cc1CO)OCC. The maximum Gasteiger partial charge on any atom is 0.191 e. The van der Waals surface area contributed by atoms with Gasteiger partial charge >= 0.3 is 0 Å². The lowest BCUT2D eigenvalue weighted by molar-refractivity contribution is -0.152. The lowest BCUT2D eigenvalue weighted by Crippen LogP contribution is -2.25. The van der Waals surface area contributed by atoms with Crippen LogP contribution in [-0.2, 0) is 16.1 Å². The van der Waals surface area contributed by atoms with Crippen molar-refractivity contribution in [2.24, 2.45) is 0 Å². The Morgan fingerprint density at radius 3 is 2.37 bits per heavy atom. The highest BCUT2D eigenvalue weighted by Gasteiger charge is 2.11. The summed E-state index contributed by atoms with van der Waals surface area (Å²) in [7, 11) is 1.58. The molecule has 1 N–H and O–H groups in total. The third-order valence-electron chi connectivity index (χ3n) is 2.52. The molecule has 0 atom stereocenters. The van der Waals surface area contributed by atoms with Crippen LogP contribution in [0.2, 0.25) is 0 Å². The molecule has 5 heteroatoms. The number of hydrogen-bond donors (Lipinski definition) is 1. The number of methoxy groups -OCH3 is 1. The van der Waals surface area contributed by atoms with E-state index in [2.05, 4.69) is 0 Å². The lowest BCUT2D eigenvalue weighted by atomic mass is 10.2. The molecule has 1 aromatic carbocycles. The highest BCUT2D eigenvalue weighted by Crippen LogP contribution is 2.24. The standard InChI is InChI=1S/C14H22O5/c1-4-17-14(18-5-2)10-19-13-7-6-12(16-3)8-11(13)9-15/h6-8,14-15H,4-5,9-10H2,1-3H3. The molecule has 0 aliphatic heterocycles. The number of aliphatic hydroxyl groups is 1. The van der Waals surface area contributed by atoms with E-state index in [1.54, 1.807) is 25.3 Å². The fourth-order valence-electron chi connectivity index (χ4n) is 1.62. The van der Waals surface area contributed by atoms with Crippen molar-refractivity contribution in [3.8, 4) is 11.5 Å². The fraction of sp³-hybridized carbons (Fsp3) is 0.571. The highest BCUT2D eigenvalue weighted by molar-refractivity contribution is 5.39. The minimum atomic E-state index is -0.399. The van der Waals surface area contributed by atoms with E-state index in [0.29, 0.717) is 30.3 Å². The maximum absolute atomic E-state index is 9.31. The van der Waals surface area contributed by atoms with Crippen molar-refractivity contribution in [1.82, 2.24) is 0 Å². The Bertz CT molecular complexity index is 361. The van der Waals surface area contributed by atoms with Gasteiger partial charge in [0.1, 0.15) is 18.1 Å². The predicted octanol–water partition coefficient (Wildman–Crippen LogP) is 1.97. The molecule has 0 saturated heterocycles. The fourth-order valence-corrected chi connectivity index (χ4v) is 1.62. The molecule has 0 bridgehead atoms. The largest absolute Gasteiger partial charge is 0.497 e. The van der Waals surface area contributed by atoms with Crippen molar-refractivity contribution < 1.29 is 24.1 Å². The summed E-state index contributed by atoms with van der Waals surface area (Å²) in [4.78, 5) is 0. The minimum Gasteiger partial charge on any atom is -0.497 e. The molecule has 0 fully saturated rings. The minimum absolute atomic E-state index is 0.111. The molecule has 1 aromatic rings. The molecule has 0 aliphatic rings. The van der Waals surface area contributed by atoms with Gasteiger partial charge in [-0.1, -0.05) is 0 Å². The van der Waals surface area contributed by atoms with Gasteiger partial charge in [0, 0.05) is 18.8 Å². The van der Waals surface area contributed by atoms with Gasteiger partial charge in [0.25, 0.3) is 0 Å². The van der Waals surface area contributed by atoms with E-state index in [1.165, 1.54) is 0 Å². The third-order valence-corrected chi connectivity index (χ3v) is 2.52. The summed E-state index contributed by atoms with van der Waals surface area (Å²) in [6, 6.07) is 5.29. The number of benzene rings is 1. The summed E-state index contributed by atoms with van der Waals surface area (Å²) in [6.07, 6.45) is -0.399. The molecule has 1 rings (SSSR count). The second-order valence-electron chi connectivity index (χ2n) is 3.78.